The number of carbonyl (C=O) groups excluding carboxylic acids is 1. The van der Waals surface area contributed by atoms with Crippen LogP contribution in [0.3, 0.4) is 0 Å². The van der Waals surface area contributed by atoms with Crippen LogP contribution in [0.15, 0.2) is 37.0 Å². The quantitative estimate of drug-likeness (QED) is 0.0420. The molecule has 0 unspecified atom stereocenters. The summed E-state index contributed by atoms with van der Waals surface area (Å²) in [6.07, 6.45) is 54.9. The van der Waals surface area contributed by atoms with Gasteiger partial charge in [0.05, 0.1) is 0 Å². The molecule has 0 aliphatic rings. The van der Waals surface area contributed by atoms with E-state index in [9.17, 15) is 4.79 Å². The van der Waals surface area contributed by atoms with E-state index in [1.54, 1.807) is 6.08 Å². The lowest BCUT2D eigenvalue weighted by Gasteiger charge is -2.04. The second-order valence-electron chi connectivity index (χ2n) is 12.8. The van der Waals surface area contributed by atoms with Crippen LogP contribution in [0.25, 0.3) is 0 Å². The Morgan fingerprint density at radius 3 is 0.951 bits per heavy atom. The lowest BCUT2D eigenvalue weighted by Crippen LogP contribution is -1.85. The summed E-state index contributed by atoms with van der Waals surface area (Å²) in [6, 6.07) is 0. The first kappa shape index (κ1) is 39.9. The molecule has 0 aliphatic carbocycles. The Morgan fingerprint density at radius 1 is 0.415 bits per heavy atom. The van der Waals surface area contributed by atoms with Gasteiger partial charge in [-0.1, -0.05) is 224 Å². The summed E-state index contributed by atoms with van der Waals surface area (Å²) in [6.45, 7) is 5.77. The summed E-state index contributed by atoms with van der Waals surface area (Å²) in [5.41, 5.74) is 0. The third-order valence-corrected chi connectivity index (χ3v) is 8.68. The topological polar surface area (TPSA) is 17.1 Å². The maximum Gasteiger partial charge on any atom is 0.178 e. The van der Waals surface area contributed by atoms with Crippen molar-refractivity contribution in [3.63, 3.8) is 0 Å². The minimum absolute atomic E-state index is 0.0271. The van der Waals surface area contributed by atoms with E-state index in [2.05, 4.69) is 19.6 Å². The number of unbranched alkanes of at least 4 members (excludes halogenated alkanes) is 31. The third-order valence-electron chi connectivity index (χ3n) is 8.68. The molecule has 0 saturated heterocycles. The standard InChI is InChI=1S/C40H74O/c1-3-5-6-7-8-9-10-11-12-13-14-15-16-17-18-19-20-21-22-23-24-25-26-27-28-29-30-31-32-33-34-35-36-37-38-39-40(41)4-2/h4,36-39H,2-3,5-35H2,1H3. The third kappa shape index (κ3) is 36.9. The predicted molar refractivity (Wildman–Crippen MR) is 187 cm³/mol. The molecule has 0 aromatic heterocycles. The van der Waals surface area contributed by atoms with Crippen molar-refractivity contribution in [1.29, 1.82) is 0 Å². The fourth-order valence-corrected chi connectivity index (χ4v) is 5.86. The van der Waals surface area contributed by atoms with Crippen molar-refractivity contribution >= 4 is 5.78 Å². The first-order chi connectivity index (χ1) is 20.3. The van der Waals surface area contributed by atoms with Crippen LogP contribution in [0.5, 0.6) is 0 Å². The van der Waals surface area contributed by atoms with Gasteiger partial charge in [-0.3, -0.25) is 4.79 Å². The normalized spacial score (nSPS) is 11.7. The number of allylic oxidation sites excluding steroid dienone is 5. The van der Waals surface area contributed by atoms with Crippen molar-refractivity contribution in [2.75, 3.05) is 0 Å². The highest BCUT2D eigenvalue weighted by atomic mass is 16.1. The van der Waals surface area contributed by atoms with Crippen LogP contribution in [-0.4, -0.2) is 5.78 Å². The highest BCUT2D eigenvalue weighted by Crippen LogP contribution is 2.16. The number of hydrogen-bond acceptors (Lipinski definition) is 1. The SMILES string of the molecule is C=CC(=O)C=CC=CCCCCCCCCCCCCCCCCCCCCCCCCCCCCCCCCC. The molecule has 0 N–H and O–H groups in total. The molecule has 0 heterocycles. The first-order valence-electron chi connectivity index (χ1n) is 18.8. The fraction of sp³-hybridized carbons (Fsp3) is 0.825. The van der Waals surface area contributed by atoms with Crippen LogP contribution in [-0.2, 0) is 4.79 Å². The Kier molecular flexibility index (Phi) is 35.9. The summed E-state index contributed by atoms with van der Waals surface area (Å²) in [7, 11) is 0. The molecule has 41 heavy (non-hydrogen) atoms. The van der Waals surface area contributed by atoms with Crippen LogP contribution < -0.4 is 0 Å². The number of ketones is 1. The Morgan fingerprint density at radius 2 is 0.683 bits per heavy atom. The average molecular weight is 571 g/mol. The molecule has 0 aromatic carbocycles. The molecule has 0 aliphatic heterocycles. The lowest BCUT2D eigenvalue weighted by atomic mass is 10.0. The maximum atomic E-state index is 11.1. The van der Waals surface area contributed by atoms with E-state index in [0.717, 1.165) is 6.42 Å². The zero-order chi connectivity index (χ0) is 29.7. The molecule has 0 atom stereocenters. The van der Waals surface area contributed by atoms with Gasteiger partial charge in [-0.05, 0) is 25.0 Å². The minimum Gasteiger partial charge on any atom is -0.290 e. The van der Waals surface area contributed by atoms with Crippen molar-refractivity contribution in [2.45, 2.75) is 212 Å². The number of rotatable bonds is 35. The van der Waals surface area contributed by atoms with Crippen LogP contribution in [0.1, 0.15) is 212 Å². The van der Waals surface area contributed by atoms with Gasteiger partial charge in [0.25, 0.3) is 0 Å². The van der Waals surface area contributed by atoms with E-state index in [1.165, 1.54) is 205 Å². The van der Waals surface area contributed by atoms with Crippen molar-refractivity contribution in [1.82, 2.24) is 0 Å². The first-order valence-corrected chi connectivity index (χ1v) is 18.8. The van der Waals surface area contributed by atoms with Crippen LogP contribution in [0.4, 0.5) is 0 Å². The summed E-state index contributed by atoms with van der Waals surface area (Å²) < 4.78 is 0. The van der Waals surface area contributed by atoms with E-state index in [0.29, 0.717) is 0 Å². The zero-order valence-corrected chi connectivity index (χ0v) is 28.1. The van der Waals surface area contributed by atoms with E-state index < -0.39 is 0 Å². The number of hydrogen-bond donors (Lipinski definition) is 0. The second kappa shape index (κ2) is 36.9. The van der Waals surface area contributed by atoms with Gasteiger partial charge in [-0.15, -0.1) is 0 Å². The van der Waals surface area contributed by atoms with Gasteiger partial charge in [-0.25, -0.2) is 0 Å². The Labute approximate surface area is 259 Å². The summed E-state index contributed by atoms with van der Waals surface area (Å²) in [4.78, 5) is 11.1. The van der Waals surface area contributed by atoms with Gasteiger partial charge in [0.1, 0.15) is 0 Å². The van der Waals surface area contributed by atoms with Gasteiger partial charge < -0.3 is 0 Å². The zero-order valence-electron chi connectivity index (χ0n) is 28.1. The molecule has 0 amide bonds. The van der Waals surface area contributed by atoms with E-state index in [-0.39, 0.29) is 5.78 Å². The molecule has 0 bridgehead atoms. The second-order valence-corrected chi connectivity index (χ2v) is 12.8. The Balaban J connectivity index is 3.09. The van der Waals surface area contributed by atoms with Crippen molar-refractivity contribution in [2.24, 2.45) is 0 Å². The molecular formula is C40H74O. The molecule has 0 fully saturated rings. The molecule has 0 spiro atoms. The lowest BCUT2D eigenvalue weighted by molar-refractivity contribution is -0.110. The number of carbonyl (C=O) groups is 1. The van der Waals surface area contributed by atoms with Crippen LogP contribution >= 0.6 is 0 Å². The largest absolute Gasteiger partial charge is 0.290 e. The van der Waals surface area contributed by atoms with Crippen molar-refractivity contribution in [3.05, 3.63) is 37.0 Å². The summed E-state index contributed by atoms with van der Waals surface area (Å²) in [5, 5.41) is 0. The van der Waals surface area contributed by atoms with Crippen LogP contribution in [0.2, 0.25) is 0 Å². The van der Waals surface area contributed by atoms with Gasteiger partial charge in [0, 0.05) is 0 Å². The van der Waals surface area contributed by atoms with E-state index in [1.807, 2.05) is 12.2 Å². The summed E-state index contributed by atoms with van der Waals surface area (Å²) >= 11 is 0. The average Bonchev–Trinajstić information content (AvgIpc) is 2.99. The van der Waals surface area contributed by atoms with E-state index in [4.69, 9.17) is 0 Å². The van der Waals surface area contributed by atoms with Crippen molar-refractivity contribution < 1.29 is 4.79 Å². The van der Waals surface area contributed by atoms with E-state index >= 15 is 0 Å². The van der Waals surface area contributed by atoms with Gasteiger partial charge in [-0.2, -0.15) is 0 Å². The molecule has 1 heteroatoms. The monoisotopic (exact) mass is 571 g/mol. The fourth-order valence-electron chi connectivity index (χ4n) is 5.86. The van der Waals surface area contributed by atoms with Gasteiger partial charge >= 0.3 is 0 Å². The predicted octanol–water partition coefficient (Wildman–Crippen LogP) is 14.4. The smallest absolute Gasteiger partial charge is 0.178 e. The minimum atomic E-state index is -0.0271. The van der Waals surface area contributed by atoms with Gasteiger partial charge in [0.2, 0.25) is 0 Å². The Hall–Kier alpha value is -1.11. The highest BCUT2D eigenvalue weighted by molar-refractivity contribution is 5.98. The van der Waals surface area contributed by atoms with Gasteiger partial charge in [0.15, 0.2) is 5.78 Å². The molecule has 1 nitrogen and oxygen atoms in total. The molecule has 0 radical (unpaired) electrons. The molecule has 0 saturated carbocycles. The Bertz CT molecular complexity index is 571. The summed E-state index contributed by atoms with van der Waals surface area (Å²) in [5.74, 6) is -0.0271. The highest BCUT2D eigenvalue weighted by Gasteiger charge is 1.97. The van der Waals surface area contributed by atoms with Crippen LogP contribution in [0, 0.1) is 0 Å². The molecule has 0 aromatic rings. The maximum absolute atomic E-state index is 11.1. The van der Waals surface area contributed by atoms with Crippen molar-refractivity contribution in [3.8, 4) is 0 Å². The molecule has 0 rings (SSSR count). The molecule has 240 valence electrons. The molecular weight excluding hydrogens is 496 g/mol.